The predicted octanol–water partition coefficient (Wildman–Crippen LogP) is 2.36. The monoisotopic (exact) mass is 381 g/mol. The van der Waals surface area contributed by atoms with Crippen molar-refractivity contribution < 1.29 is 14.0 Å². The van der Waals surface area contributed by atoms with Crippen molar-refractivity contribution in [1.29, 1.82) is 0 Å². The molecule has 0 unspecified atom stereocenters. The number of hydrogen-bond donors (Lipinski definition) is 1. The summed E-state index contributed by atoms with van der Waals surface area (Å²) in [5.74, 6) is 0.573. The molecular weight excluding hydrogens is 358 g/mol. The number of aromatic nitrogens is 2. The molecule has 1 aromatic carbocycles. The first-order valence-electron chi connectivity index (χ1n) is 9.21. The molecular formula is C20H23N5O3. The van der Waals surface area contributed by atoms with Gasteiger partial charge in [0.05, 0.1) is 36.6 Å². The lowest BCUT2D eigenvalue weighted by Gasteiger charge is -2.29. The summed E-state index contributed by atoms with van der Waals surface area (Å²) < 4.78 is 7.57. The van der Waals surface area contributed by atoms with Crippen LogP contribution in [0.3, 0.4) is 0 Å². The van der Waals surface area contributed by atoms with E-state index in [2.05, 4.69) is 10.4 Å². The number of amides is 3. The molecule has 8 nitrogen and oxygen atoms in total. The number of benzene rings is 1. The second kappa shape index (κ2) is 7.03. The van der Waals surface area contributed by atoms with Gasteiger partial charge in [-0.1, -0.05) is 12.1 Å². The number of nitrogens with zero attached hydrogens (tertiary/aromatic N) is 4. The van der Waals surface area contributed by atoms with Crippen LogP contribution >= 0.6 is 0 Å². The average Bonchev–Trinajstić information content (AvgIpc) is 3.26. The van der Waals surface area contributed by atoms with Crippen molar-refractivity contribution in [3.8, 4) is 0 Å². The lowest BCUT2D eigenvalue weighted by atomic mass is 10.1. The molecule has 0 radical (unpaired) electrons. The van der Waals surface area contributed by atoms with Crippen LogP contribution in [0.4, 0.5) is 4.79 Å². The number of carbonyl (C=O) groups is 2. The molecule has 0 spiro atoms. The molecule has 3 amide bonds. The van der Waals surface area contributed by atoms with Gasteiger partial charge in [-0.3, -0.25) is 9.48 Å². The lowest BCUT2D eigenvalue weighted by molar-refractivity contribution is 0.0951. The summed E-state index contributed by atoms with van der Waals surface area (Å²) in [5.41, 5.74) is 2.84. The van der Waals surface area contributed by atoms with Crippen LogP contribution in [0.2, 0.25) is 0 Å². The van der Waals surface area contributed by atoms with Crippen molar-refractivity contribution in [2.24, 2.45) is 0 Å². The van der Waals surface area contributed by atoms with Gasteiger partial charge in [0, 0.05) is 26.0 Å². The van der Waals surface area contributed by atoms with Crippen molar-refractivity contribution in [2.45, 2.75) is 26.6 Å². The molecule has 0 fully saturated rings. The van der Waals surface area contributed by atoms with E-state index < -0.39 is 0 Å². The van der Waals surface area contributed by atoms with Gasteiger partial charge in [0.1, 0.15) is 11.3 Å². The summed E-state index contributed by atoms with van der Waals surface area (Å²) in [6, 6.07) is 9.36. The van der Waals surface area contributed by atoms with Gasteiger partial charge in [-0.15, -0.1) is 0 Å². The quantitative estimate of drug-likeness (QED) is 0.755. The minimum absolute atomic E-state index is 0.0101. The summed E-state index contributed by atoms with van der Waals surface area (Å²) in [4.78, 5) is 28.2. The van der Waals surface area contributed by atoms with Crippen molar-refractivity contribution in [3.63, 3.8) is 0 Å². The molecule has 1 N–H and O–H groups in total. The number of fused-ring (bicyclic) bond motifs is 2. The number of nitrogens with one attached hydrogen (secondary N) is 1. The second-order valence-corrected chi connectivity index (χ2v) is 7.21. The van der Waals surface area contributed by atoms with Gasteiger partial charge in [0.2, 0.25) is 0 Å². The van der Waals surface area contributed by atoms with E-state index in [1.54, 1.807) is 30.0 Å². The standard InChI is InChI=1S/C20H23N5O3/c1-13-9-14-5-4-6-17(18(14)28-13)19(26)21-11-15-10-16-12-24(20(27)23(2)3)7-8-25(16)22-15/h4-6,9-10H,7-8,11-12H2,1-3H3,(H,21,26). The molecule has 28 heavy (non-hydrogen) atoms. The molecule has 4 rings (SSSR count). The Hall–Kier alpha value is -3.29. The number of hydrogen-bond acceptors (Lipinski definition) is 4. The Morgan fingerprint density at radius 1 is 1.25 bits per heavy atom. The molecule has 0 saturated heterocycles. The van der Waals surface area contributed by atoms with Crippen LogP contribution in [0.1, 0.15) is 27.5 Å². The summed E-state index contributed by atoms with van der Waals surface area (Å²) in [6.45, 7) is 3.96. The van der Waals surface area contributed by atoms with Gasteiger partial charge in [-0.25, -0.2) is 4.79 Å². The fourth-order valence-electron chi connectivity index (χ4n) is 3.50. The largest absolute Gasteiger partial charge is 0.461 e. The SMILES string of the molecule is Cc1cc2cccc(C(=O)NCc3cc4n(n3)CCN(C(=O)N(C)C)C4)c2o1. The zero-order valence-corrected chi connectivity index (χ0v) is 16.2. The third-order valence-corrected chi connectivity index (χ3v) is 4.84. The molecule has 3 aromatic rings. The zero-order valence-electron chi connectivity index (χ0n) is 16.2. The number of rotatable bonds is 3. The highest BCUT2D eigenvalue weighted by Crippen LogP contribution is 2.23. The Labute approximate surface area is 162 Å². The van der Waals surface area contributed by atoms with E-state index in [-0.39, 0.29) is 11.9 Å². The Morgan fingerprint density at radius 2 is 2.07 bits per heavy atom. The van der Waals surface area contributed by atoms with Gasteiger partial charge in [-0.05, 0) is 25.1 Å². The van der Waals surface area contributed by atoms with Crippen molar-refractivity contribution in [1.82, 2.24) is 24.9 Å². The van der Waals surface area contributed by atoms with E-state index in [0.29, 0.717) is 37.3 Å². The van der Waals surface area contributed by atoms with Gasteiger partial charge in [-0.2, -0.15) is 5.10 Å². The smallest absolute Gasteiger partial charge is 0.319 e. The highest BCUT2D eigenvalue weighted by atomic mass is 16.3. The fraction of sp³-hybridized carbons (Fsp3) is 0.350. The second-order valence-electron chi connectivity index (χ2n) is 7.21. The maximum absolute atomic E-state index is 12.6. The Bertz CT molecular complexity index is 1050. The Balaban J connectivity index is 1.45. The topological polar surface area (TPSA) is 83.6 Å². The van der Waals surface area contributed by atoms with E-state index in [4.69, 9.17) is 4.42 Å². The van der Waals surface area contributed by atoms with Crippen molar-refractivity contribution >= 4 is 22.9 Å². The highest BCUT2D eigenvalue weighted by molar-refractivity contribution is 6.04. The number of para-hydroxylation sites is 1. The van der Waals surface area contributed by atoms with Gasteiger partial charge >= 0.3 is 6.03 Å². The summed E-state index contributed by atoms with van der Waals surface area (Å²) >= 11 is 0. The predicted molar refractivity (Wildman–Crippen MR) is 104 cm³/mol. The average molecular weight is 381 g/mol. The number of furan rings is 1. The molecule has 3 heterocycles. The molecule has 146 valence electrons. The molecule has 0 atom stereocenters. The van der Waals surface area contributed by atoms with E-state index in [1.807, 2.05) is 35.9 Å². The molecule has 0 saturated carbocycles. The number of urea groups is 1. The zero-order chi connectivity index (χ0) is 19.8. The van der Waals surface area contributed by atoms with Crippen LogP contribution in [0.25, 0.3) is 11.0 Å². The molecule has 1 aliphatic rings. The normalized spacial score (nSPS) is 13.5. The minimum Gasteiger partial charge on any atom is -0.461 e. The van der Waals surface area contributed by atoms with E-state index in [0.717, 1.165) is 22.5 Å². The first-order chi connectivity index (χ1) is 13.4. The number of aryl methyl sites for hydroxylation is 1. The summed E-state index contributed by atoms with van der Waals surface area (Å²) in [5, 5.41) is 8.37. The van der Waals surface area contributed by atoms with Crippen LogP contribution in [-0.4, -0.2) is 52.2 Å². The molecule has 2 aromatic heterocycles. The van der Waals surface area contributed by atoms with Gasteiger partial charge in [0.25, 0.3) is 5.91 Å². The Kier molecular flexibility index (Phi) is 4.54. The van der Waals surface area contributed by atoms with Crippen LogP contribution < -0.4 is 5.32 Å². The van der Waals surface area contributed by atoms with Gasteiger partial charge in [0.15, 0.2) is 0 Å². The van der Waals surface area contributed by atoms with Crippen LogP contribution in [-0.2, 0) is 19.6 Å². The van der Waals surface area contributed by atoms with Crippen LogP contribution in [0, 0.1) is 6.92 Å². The first kappa shape index (κ1) is 18.1. The minimum atomic E-state index is -0.199. The van der Waals surface area contributed by atoms with Crippen molar-refractivity contribution in [2.75, 3.05) is 20.6 Å². The highest BCUT2D eigenvalue weighted by Gasteiger charge is 2.23. The van der Waals surface area contributed by atoms with Gasteiger partial charge < -0.3 is 19.5 Å². The third-order valence-electron chi connectivity index (χ3n) is 4.84. The van der Waals surface area contributed by atoms with E-state index in [9.17, 15) is 9.59 Å². The third kappa shape index (κ3) is 3.33. The number of carbonyl (C=O) groups excluding carboxylic acids is 2. The summed E-state index contributed by atoms with van der Waals surface area (Å²) in [6.07, 6.45) is 0. The van der Waals surface area contributed by atoms with Crippen molar-refractivity contribution in [3.05, 3.63) is 53.0 Å². The maximum Gasteiger partial charge on any atom is 0.319 e. The molecule has 8 heteroatoms. The molecule has 1 aliphatic heterocycles. The Morgan fingerprint density at radius 3 is 2.86 bits per heavy atom. The van der Waals surface area contributed by atoms with Crippen LogP contribution in [0.5, 0.6) is 0 Å². The van der Waals surface area contributed by atoms with E-state index in [1.165, 1.54) is 0 Å². The maximum atomic E-state index is 12.6. The first-order valence-corrected chi connectivity index (χ1v) is 9.21. The molecule has 0 bridgehead atoms. The summed E-state index contributed by atoms with van der Waals surface area (Å²) in [7, 11) is 3.49. The molecule has 0 aliphatic carbocycles. The van der Waals surface area contributed by atoms with Crippen LogP contribution in [0.15, 0.2) is 34.7 Å². The van der Waals surface area contributed by atoms with E-state index >= 15 is 0 Å². The lowest BCUT2D eigenvalue weighted by Crippen LogP contribution is -2.43. The fourth-order valence-corrected chi connectivity index (χ4v) is 3.50.